The van der Waals surface area contributed by atoms with Crippen LogP contribution in [0.3, 0.4) is 0 Å². The summed E-state index contributed by atoms with van der Waals surface area (Å²) in [5.74, 6) is -2.37. The molecule has 0 saturated carbocycles. The lowest BCUT2D eigenvalue weighted by atomic mass is 9.98. The first-order chi connectivity index (χ1) is 20.6. The number of amides is 2. The van der Waals surface area contributed by atoms with Crippen LogP contribution in [0.4, 0.5) is 5.69 Å². The number of carbonyl (C=O) groups is 3. The molecule has 1 aliphatic rings. The molecule has 1 fully saturated rings. The number of likely N-dealkylation sites (tertiary alicyclic amines) is 1. The van der Waals surface area contributed by atoms with Crippen LogP contribution < -0.4 is 21.1 Å². The first-order valence-electron chi connectivity index (χ1n) is 14.0. The molecule has 12 nitrogen and oxygen atoms in total. The van der Waals surface area contributed by atoms with Gasteiger partial charge in [0, 0.05) is 25.3 Å². The predicted molar refractivity (Wildman–Crippen MR) is 163 cm³/mol. The molecular weight excluding hydrogens is 572 g/mol. The Hall–Kier alpha value is -4.49. The molecule has 13 heteroatoms. The van der Waals surface area contributed by atoms with Gasteiger partial charge in [-0.15, -0.1) is 0 Å². The van der Waals surface area contributed by atoms with Crippen molar-refractivity contribution in [2.45, 2.75) is 37.1 Å². The SMILES string of the molecule is CCOC(=O)C(=O)Nc1ccc(C[C@@H](NS(=O)(=O)c2ccc3ccccc3c2)C(=O)NCC2CCCN(C(=N)N)C2)cc1. The minimum atomic E-state index is -4.09. The monoisotopic (exact) mass is 608 g/mol. The largest absolute Gasteiger partial charge is 0.459 e. The summed E-state index contributed by atoms with van der Waals surface area (Å²) in [5.41, 5.74) is 6.60. The van der Waals surface area contributed by atoms with Gasteiger partial charge in [0.25, 0.3) is 0 Å². The molecule has 4 rings (SSSR count). The van der Waals surface area contributed by atoms with Crippen molar-refractivity contribution in [1.82, 2.24) is 14.9 Å². The molecule has 1 saturated heterocycles. The van der Waals surface area contributed by atoms with Gasteiger partial charge in [-0.05, 0) is 72.7 Å². The van der Waals surface area contributed by atoms with Crippen LogP contribution in [0.15, 0.2) is 71.6 Å². The zero-order chi connectivity index (χ0) is 31.0. The van der Waals surface area contributed by atoms with Crippen LogP contribution in [0.5, 0.6) is 0 Å². The van der Waals surface area contributed by atoms with E-state index in [-0.39, 0.29) is 29.8 Å². The van der Waals surface area contributed by atoms with E-state index in [2.05, 4.69) is 20.1 Å². The highest BCUT2D eigenvalue weighted by Crippen LogP contribution is 2.20. The number of nitrogens with one attached hydrogen (secondary N) is 4. The van der Waals surface area contributed by atoms with Crippen molar-refractivity contribution in [3.63, 3.8) is 0 Å². The molecule has 3 aromatic rings. The van der Waals surface area contributed by atoms with Crippen LogP contribution >= 0.6 is 0 Å². The molecule has 0 bridgehead atoms. The minimum Gasteiger partial charge on any atom is -0.459 e. The molecule has 6 N–H and O–H groups in total. The van der Waals surface area contributed by atoms with Crippen LogP contribution in [0.25, 0.3) is 10.8 Å². The normalized spacial score (nSPS) is 15.8. The van der Waals surface area contributed by atoms with Crippen molar-refractivity contribution in [3.8, 4) is 0 Å². The molecule has 1 unspecified atom stereocenters. The number of esters is 1. The Morgan fingerprint density at radius 1 is 1.07 bits per heavy atom. The fraction of sp³-hybridized carbons (Fsp3) is 0.333. The first kappa shape index (κ1) is 31.4. The van der Waals surface area contributed by atoms with Gasteiger partial charge in [0.15, 0.2) is 5.96 Å². The number of hydrogen-bond acceptors (Lipinski definition) is 7. The Morgan fingerprint density at radius 2 is 1.79 bits per heavy atom. The summed E-state index contributed by atoms with van der Waals surface area (Å²) in [6.45, 7) is 3.18. The van der Waals surface area contributed by atoms with E-state index in [1.54, 1.807) is 48.2 Å². The molecule has 0 aromatic heterocycles. The van der Waals surface area contributed by atoms with E-state index in [9.17, 15) is 22.8 Å². The summed E-state index contributed by atoms with van der Waals surface area (Å²) >= 11 is 0. The highest BCUT2D eigenvalue weighted by Gasteiger charge is 2.28. The van der Waals surface area contributed by atoms with Crippen molar-refractivity contribution in [3.05, 3.63) is 72.3 Å². The smallest absolute Gasteiger partial charge is 0.397 e. The number of piperidine rings is 1. The fourth-order valence-corrected chi connectivity index (χ4v) is 6.17. The molecule has 0 aliphatic carbocycles. The third-order valence-electron chi connectivity index (χ3n) is 7.18. The van der Waals surface area contributed by atoms with Crippen molar-refractivity contribution in [2.75, 3.05) is 31.6 Å². The van der Waals surface area contributed by atoms with Crippen LogP contribution in [0.1, 0.15) is 25.3 Å². The van der Waals surface area contributed by atoms with Gasteiger partial charge in [-0.25, -0.2) is 13.2 Å². The van der Waals surface area contributed by atoms with E-state index in [1.165, 1.54) is 6.07 Å². The number of hydrogen-bond donors (Lipinski definition) is 5. The maximum absolute atomic E-state index is 13.5. The van der Waals surface area contributed by atoms with Gasteiger partial charge in [-0.3, -0.25) is 15.0 Å². The van der Waals surface area contributed by atoms with E-state index in [0.717, 1.165) is 23.6 Å². The molecule has 1 heterocycles. The van der Waals surface area contributed by atoms with E-state index in [0.29, 0.717) is 30.9 Å². The fourth-order valence-electron chi connectivity index (χ4n) is 4.94. The number of anilines is 1. The Balaban J connectivity index is 1.50. The van der Waals surface area contributed by atoms with Crippen molar-refractivity contribution in [1.29, 1.82) is 5.41 Å². The van der Waals surface area contributed by atoms with Gasteiger partial charge in [-0.2, -0.15) is 4.72 Å². The van der Waals surface area contributed by atoms with Crippen molar-refractivity contribution < 1.29 is 27.5 Å². The number of guanidine groups is 1. The van der Waals surface area contributed by atoms with E-state index < -0.39 is 33.8 Å². The highest BCUT2D eigenvalue weighted by molar-refractivity contribution is 7.89. The molecule has 3 aromatic carbocycles. The third-order valence-corrected chi connectivity index (χ3v) is 8.65. The first-order valence-corrected chi connectivity index (χ1v) is 15.5. The highest BCUT2D eigenvalue weighted by atomic mass is 32.2. The summed E-state index contributed by atoms with van der Waals surface area (Å²) in [6, 6.07) is 17.4. The van der Waals surface area contributed by atoms with E-state index in [4.69, 9.17) is 11.1 Å². The van der Waals surface area contributed by atoms with Crippen LogP contribution in [-0.4, -0.2) is 69.3 Å². The van der Waals surface area contributed by atoms with Crippen LogP contribution in [0.2, 0.25) is 0 Å². The average Bonchev–Trinajstić information content (AvgIpc) is 3.00. The summed E-state index contributed by atoms with van der Waals surface area (Å²) in [4.78, 5) is 38.8. The maximum Gasteiger partial charge on any atom is 0.397 e. The van der Waals surface area contributed by atoms with Gasteiger partial charge >= 0.3 is 11.9 Å². The van der Waals surface area contributed by atoms with Crippen molar-refractivity contribution in [2.24, 2.45) is 11.7 Å². The third kappa shape index (κ3) is 8.52. The number of fused-ring (bicyclic) bond motifs is 1. The number of rotatable bonds is 10. The molecular formula is C30H36N6O6S. The summed E-state index contributed by atoms with van der Waals surface area (Å²) < 4.78 is 34.2. The second-order valence-corrected chi connectivity index (χ2v) is 12.1. The molecule has 0 spiro atoms. The maximum atomic E-state index is 13.5. The Labute approximate surface area is 250 Å². The van der Waals surface area contributed by atoms with E-state index in [1.807, 2.05) is 24.3 Å². The predicted octanol–water partition coefficient (Wildman–Crippen LogP) is 1.95. The topological polar surface area (TPSA) is 184 Å². The van der Waals surface area contributed by atoms with E-state index >= 15 is 0 Å². The second kappa shape index (κ2) is 14.1. The molecule has 43 heavy (non-hydrogen) atoms. The summed E-state index contributed by atoms with van der Waals surface area (Å²) in [7, 11) is -4.09. The molecule has 1 aliphatic heterocycles. The number of benzene rings is 3. The number of sulfonamides is 1. The van der Waals surface area contributed by atoms with Gasteiger partial charge in [0.05, 0.1) is 11.5 Å². The molecule has 228 valence electrons. The Morgan fingerprint density at radius 3 is 2.49 bits per heavy atom. The van der Waals surface area contributed by atoms with Gasteiger partial charge in [0.1, 0.15) is 6.04 Å². The van der Waals surface area contributed by atoms with Gasteiger partial charge < -0.3 is 26.0 Å². The lowest BCUT2D eigenvalue weighted by Gasteiger charge is -2.33. The second-order valence-electron chi connectivity index (χ2n) is 10.3. The van der Waals surface area contributed by atoms with Crippen LogP contribution in [0, 0.1) is 11.3 Å². The zero-order valence-electron chi connectivity index (χ0n) is 23.8. The van der Waals surface area contributed by atoms with Gasteiger partial charge in [-0.1, -0.05) is 42.5 Å². The Bertz CT molecular complexity index is 1590. The molecule has 2 amide bonds. The number of carbonyl (C=O) groups excluding carboxylic acids is 3. The lowest BCUT2D eigenvalue weighted by molar-refractivity contribution is -0.152. The molecule has 2 atom stereocenters. The summed E-state index contributed by atoms with van der Waals surface area (Å²) in [6.07, 6.45) is 1.70. The quantitative estimate of drug-likeness (QED) is 0.100. The minimum absolute atomic E-state index is 0.0149. The Kier molecular flexibility index (Phi) is 10.3. The number of nitrogens with two attached hydrogens (primary N) is 1. The number of nitrogens with zero attached hydrogens (tertiary/aromatic N) is 1. The zero-order valence-corrected chi connectivity index (χ0v) is 24.7. The number of ether oxygens (including phenoxy) is 1. The average molecular weight is 609 g/mol. The standard InChI is InChI=1S/C30H36N6O6S/c1-2-42-29(39)28(38)34-24-12-9-20(10-13-24)16-26(27(37)33-18-21-6-5-15-36(19-21)30(31)32)35-43(40,41)25-14-11-22-7-3-4-8-23(22)17-25/h3-4,7-14,17,21,26,35H,2,5-6,15-16,18-19H2,1H3,(H3,31,32)(H,33,37)(H,34,38)/t21?,26-/m1/s1. The molecule has 0 radical (unpaired) electrons. The van der Waals surface area contributed by atoms with Gasteiger partial charge in [0.2, 0.25) is 15.9 Å². The summed E-state index contributed by atoms with van der Waals surface area (Å²) in [5, 5.41) is 14.7. The van der Waals surface area contributed by atoms with Crippen molar-refractivity contribution >= 4 is 50.2 Å². The van der Waals surface area contributed by atoms with Crippen LogP contribution in [-0.2, 0) is 35.6 Å². The lowest BCUT2D eigenvalue weighted by Crippen LogP contribution is -2.51.